The Kier molecular flexibility index (Phi) is 5.13. The average molecular weight is 375 g/mol. The molecule has 1 aromatic carbocycles. The summed E-state index contributed by atoms with van der Waals surface area (Å²) in [7, 11) is -3.51. The van der Waals surface area contributed by atoms with Gasteiger partial charge >= 0.3 is 0 Å². The molecule has 0 spiro atoms. The van der Waals surface area contributed by atoms with Crippen molar-refractivity contribution in [1.82, 2.24) is 4.72 Å². The summed E-state index contributed by atoms with van der Waals surface area (Å²) in [5.74, 6) is 0. The average Bonchev–Trinajstić information content (AvgIpc) is 2.87. The van der Waals surface area contributed by atoms with Gasteiger partial charge in [0.15, 0.2) is 0 Å². The standard InChI is InChI=1S/C15H23BrN2O2S/c1-11-13(16)7-12(9-17)8-14(11)21(19,20)18-10-15(2)5-3-4-6-15/h7-8,18H,3-6,9-10,17H2,1-2H3. The van der Waals surface area contributed by atoms with Crippen LogP contribution in [0.25, 0.3) is 0 Å². The summed E-state index contributed by atoms with van der Waals surface area (Å²) in [4.78, 5) is 0.318. The van der Waals surface area contributed by atoms with Gasteiger partial charge in [-0.05, 0) is 48.4 Å². The molecule has 118 valence electrons. The highest BCUT2D eigenvalue weighted by molar-refractivity contribution is 9.10. The molecular formula is C15H23BrN2O2S. The molecule has 1 fully saturated rings. The smallest absolute Gasteiger partial charge is 0.240 e. The third-order valence-electron chi connectivity index (χ3n) is 4.38. The first kappa shape index (κ1) is 16.9. The van der Waals surface area contributed by atoms with E-state index in [9.17, 15) is 8.42 Å². The van der Waals surface area contributed by atoms with Gasteiger partial charge in [0.1, 0.15) is 0 Å². The fourth-order valence-corrected chi connectivity index (χ4v) is 5.01. The summed E-state index contributed by atoms with van der Waals surface area (Å²) >= 11 is 3.41. The van der Waals surface area contributed by atoms with Crippen LogP contribution in [0, 0.1) is 12.3 Å². The largest absolute Gasteiger partial charge is 0.326 e. The maximum atomic E-state index is 12.6. The van der Waals surface area contributed by atoms with E-state index in [-0.39, 0.29) is 5.41 Å². The predicted octanol–water partition coefficient (Wildman–Crippen LogP) is 3.07. The number of sulfonamides is 1. The number of rotatable bonds is 5. The number of hydrogen-bond acceptors (Lipinski definition) is 3. The second kappa shape index (κ2) is 6.36. The van der Waals surface area contributed by atoms with E-state index < -0.39 is 10.0 Å². The summed E-state index contributed by atoms with van der Waals surface area (Å²) in [6.45, 7) is 4.77. The van der Waals surface area contributed by atoms with Crippen molar-refractivity contribution in [2.75, 3.05) is 6.54 Å². The molecule has 0 unspecified atom stereocenters. The summed E-state index contributed by atoms with van der Waals surface area (Å²) in [6, 6.07) is 3.53. The van der Waals surface area contributed by atoms with E-state index in [0.29, 0.717) is 18.0 Å². The van der Waals surface area contributed by atoms with Crippen molar-refractivity contribution in [1.29, 1.82) is 0 Å². The SMILES string of the molecule is Cc1c(Br)cc(CN)cc1S(=O)(=O)NCC1(C)CCCC1. The molecule has 1 saturated carbocycles. The normalized spacial score (nSPS) is 18.1. The maximum Gasteiger partial charge on any atom is 0.240 e. The first-order valence-electron chi connectivity index (χ1n) is 7.26. The first-order chi connectivity index (χ1) is 9.77. The number of nitrogens with two attached hydrogens (primary N) is 1. The quantitative estimate of drug-likeness (QED) is 0.831. The van der Waals surface area contributed by atoms with Crippen molar-refractivity contribution >= 4 is 26.0 Å². The summed E-state index contributed by atoms with van der Waals surface area (Å²) in [5, 5.41) is 0. The van der Waals surface area contributed by atoms with E-state index in [4.69, 9.17) is 5.73 Å². The van der Waals surface area contributed by atoms with Crippen molar-refractivity contribution < 1.29 is 8.42 Å². The van der Waals surface area contributed by atoms with Crippen LogP contribution in [0.1, 0.15) is 43.7 Å². The molecule has 4 nitrogen and oxygen atoms in total. The number of hydrogen-bond donors (Lipinski definition) is 2. The van der Waals surface area contributed by atoms with Crippen LogP contribution in [0.3, 0.4) is 0 Å². The van der Waals surface area contributed by atoms with Gasteiger partial charge in [0, 0.05) is 17.6 Å². The summed E-state index contributed by atoms with van der Waals surface area (Å²) in [6.07, 6.45) is 4.54. The Balaban J connectivity index is 2.25. The van der Waals surface area contributed by atoms with E-state index in [1.54, 1.807) is 13.0 Å². The van der Waals surface area contributed by atoms with Gasteiger partial charge < -0.3 is 5.73 Å². The van der Waals surface area contributed by atoms with Crippen LogP contribution in [0.15, 0.2) is 21.5 Å². The van der Waals surface area contributed by atoms with Crippen molar-refractivity contribution in [2.24, 2.45) is 11.1 Å². The molecule has 3 N–H and O–H groups in total. The zero-order valence-electron chi connectivity index (χ0n) is 12.6. The predicted molar refractivity (Wildman–Crippen MR) is 88.5 cm³/mol. The number of nitrogens with one attached hydrogen (secondary N) is 1. The lowest BCUT2D eigenvalue weighted by atomic mass is 9.89. The fourth-order valence-electron chi connectivity index (χ4n) is 2.86. The van der Waals surface area contributed by atoms with E-state index >= 15 is 0 Å². The topological polar surface area (TPSA) is 72.2 Å². The van der Waals surface area contributed by atoms with Crippen LogP contribution in [0.5, 0.6) is 0 Å². The minimum Gasteiger partial charge on any atom is -0.326 e. The summed E-state index contributed by atoms with van der Waals surface area (Å²) in [5.41, 5.74) is 7.25. The van der Waals surface area contributed by atoms with Crippen molar-refractivity contribution in [3.63, 3.8) is 0 Å². The van der Waals surface area contributed by atoms with E-state index in [2.05, 4.69) is 27.6 Å². The van der Waals surface area contributed by atoms with E-state index in [1.807, 2.05) is 6.07 Å². The van der Waals surface area contributed by atoms with Gasteiger partial charge in [0.2, 0.25) is 10.0 Å². The van der Waals surface area contributed by atoms with Crippen molar-refractivity contribution in [3.8, 4) is 0 Å². The molecule has 1 aliphatic rings. The molecule has 2 rings (SSSR count). The zero-order chi connectivity index (χ0) is 15.7. The molecule has 0 bridgehead atoms. The van der Waals surface area contributed by atoms with Gasteiger partial charge in [0.05, 0.1) is 4.90 Å². The molecule has 6 heteroatoms. The van der Waals surface area contributed by atoms with Crippen LogP contribution in [-0.4, -0.2) is 15.0 Å². The van der Waals surface area contributed by atoms with E-state index in [1.165, 1.54) is 12.8 Å². The lowest BCUT2D eigenvalue weighted by Crippen LogP contribution is -2.34. The molecule has 0 amide bonds. The lowest BCUT2D eigenvalue weighted by molar-refractivity contribution is 0.336. The van der Waals surface area contributed by atoms with Crippen LogP contribution < -0.4 is 10.5 Å². The number of benzene rings is 1. The Bertz CT molecular complexity index is 623. The van der Waals surface area contributed by atoms with Crippen LogP contribution in [0.4, 0.5) is 0 Å². The Morgan fingerprint density at radius 2 is 1.95 bits per heavy atom. The summed E-state index contributed by atoms with van der Waals surface area (Å²) < 4.78 is 28.8. The van der Waals surface area contributed by atoms with Gasteiger partial charge in [-0.3, -0.25) is 0 Å². The van der Waals surface area contributed by atoms with Gasteiger partial charge in [0.25, 0.3) is 0 Å². The second-order valence-electron chi connectivity index (χ2n) is 6.25. The molecule has 1 aliphatic carbocycles. The minimum absolute atomic E-state index is 0.0870. The Labute approximate surface area is 135 Å². The third kappa shape index (κ3) is 3.86. The van der Waals surface area contributed by atoms with Gasteiger partial charge in [-0.2, -0.15) is 0 Å². The van der Waals surface area contributed by atoms with Crippen molar-refractivity contribution in [2.45, 2.75) is 51.0 Å². The molecule has 1 aromatic rings. The molecule has 21 heavy (non-hydrogen) atoms. The maximum absolute atomic E-state index is 12.6. The van der Waals surface area contributed by atoms with Gasteiger partial charge in [-0.15, -0.1) is 0 Å². The minimum atomic E-state index is -3.51. The van der Waals surface area contributed by atoms with Gasteiger partial charge in [-0.1, -0.05) is 35.7 Å². The zero-order valence-corrected chi connectivity index (χ0v) is 15.0. The highest BCUT2D eigenvalue weighted by Crippen LogP contribution is 2.37. The van der Waals surface area contributed by atoms with Gasteiger partial charge in [-0.25, -0.2) is 13.1 Å². The Hall–Kier alpha value is -0.430. The highest BCUT2D eigenvalue weighted by Gasteiger charge is 2.30. The number of halogens is 1. The molecule has 0 aromatic heterocycles. The van der Waals surface area contributed by atoms with Crippen LogP contribution in [0.2, 0.25) is 0 Å². The molecule has 0 atom stereocenters. The van der Waals surface area contributed by atoms with Crippen LogP contribution >= 0.6 is 15.9 Å². The van der Waals surface area contributed by atoms with Crippen molar-refractivity contribution in [3.05, 3.63) is 27.7 Å². The van der Waals surface area contributed by atoms with E-state index in [0.717, 1.165) is 28.4 Å². The monoisotopic (exact) mass is 374 g/mol. The molecule has 0 aliphatic heterocycles. The molecule has 0 saturated heterocycles. The Morgan fingerprint density at radius 1 is 1.33 bits per heavy atom. The fraction of sp³-hybridized carbons (Fsp3) is 0.600. The molecular weight excluding hydrogens is 352 g/mol. The van der Waals surface area contributed by atoms with Crippen LogP contribution in [-0.2, 0) is 16.6 Å². The second-order valence-corrected chi connectivity index (χ2v) is 8.84. The first-order valence-corrected chi connectivity index (χ1v) is 9.54. The Morgan fingerprint density at radius 3 is 2.52 bits per heavy atom. The lowest BCUT2D eigenvalue weighted by Gasteiger charge is -2.24. The highest BCUT2D eigenvalue weighted by atomic mass is 79.9. The molecule has 0 heterocycles. The molecule has 0 radical (unpaired) electrons. The third-order valence-corrected chi connectivity index (χ3v) is 6.73.